The second-order valence-corrected chi connectivity index (χ2v) is 6.94. The molecule has 0 saturated heterocycles. The normalized spacial score (nSPS) is 12.2. The van der Waals surface area contributed by atoms with E-state index in [2.05, 4.69) is 13.1 Å². The van der Waals surface area contributed by atoms with Crippen LogP contribution in [0.2, 0.25) is 5.02 Å². The summed E-state index contributed by atoms with van der Waals surface area (Å²) in [6.07, 6.45) is 0. The number of fused-ring (bicyclic) bond motifs is 1. The van der Waals surface area contributed by atoms with Crippen LogP contribution in [0.15, 0.2) is 48.5 Å². The molecule has 0 saturated carbocycles. The standard InChI is InChI=1S/C21H21ClN2O2/c1-14-17-9-4-5-10-18(17)23-19(20(14)21(25)26-3)13-24(2)12-15-7-6-8-16(22)11-15/h4-11H,12-13H2,1-3H3/p+1. The lowest BCUT2D eigenvalue weighted by atomic mass is 10.0. The van der Waals surface area contributed by atoms with Crippen LogP contribution in [0.3, 0.4) is 0 Å². The molecular formula is C21H22ClN2O2+. The van der Waals surface area contributed by atoms with Gasteiger partial charge in [0.2, 0.25) is 0 Å². The summed E-state index contributed by atoms with van der Waals surface area (Å²) >= 11 is 6.08. The zero-order valence-corrected chi connectivity index (χ0v) is 15.9. The number of nitrogens with one attached hydrogen (secondary N) is 1. The van der Waals surface area contributed by atoms with Crippen molar-refractivity contribution in [1.29, 1.82) is 0 Å². The van der Waals surface area contributed by atoms with Crippen molar-refractivity contribution in [1.82, 2.24) is 4.98 Å². The van der Waals surface area contributed by atoms with E-state index in [0.717, 1.165) is 39.3 Å². The number of aryl methyl sites for hydroxylation is 1. The minimum Gasteiger partial charge on any atom is -0.465 e. The number of pyridine rings is 1. The van der Waals surface area contributed by atoms with Gasteiger partial charge < -0.3 is 9.64 Å². The van der Waals surface area contributed by atoms with E-state index in [1.165, 1.54) is 12.0 Å². The highest BCUT2D eigenvalue weighted by atomic mass is 35.5. The smallest absolute Gasteiger partial charge is 0.340 e. The molecule has 1 unspecified atom stereocenters. The number of methoxy groups -OCH3 is 1. The van der Waals surface area contributed by atoms with E-state index in [1.807, 2.05) is 49.4 Å². The Morgan fingerprint density at radius 3 is 2.65 bits per heavy atom. The van der Waals surface area contributed by atoms with Crippen molar-refractivity contribution >= 4 is 28.5 Å². The number of esters is 1. The van der Waals surface area contributed by atoms with Crippen molar-refractivity contribution in [3.8, 4) is 0 Å². The molecule has 0 spiro atoms. The van der Waals surface area contributed by atoms with Gasteiger partial charge in [0.1, 0.15) is 18.8 Å². The van der Waals surface area contributed by atoms with Gasteiger partial charge in [-0.3, -0.25) is 0 Å². The van der Waals surface area contributed by atoms with E-state index in [-0.39, 0.29) is 5.97 Å². The molecule has 3 aromatic rings. The molecule has 26 heavy (non-hydrogen) atoms. The van der Waals surface area contributed by atoms with Gasteiger partial charge in [-0.05, 0) is 30.7 Å². The number of para-hydroxylation sites is 1. The molecule has 2 aromatic carbocycles. The molecule has 0 aliphatic rings. The Hall–Kier alpha value is -2.43. The van der Waals surface area contributed by atoms with Gasteiger partial charge in [-0.2, -0.15) is 0 Å². The molecule has 0 bridgehead atoms. The van der Waals surface area contributed by atoms with Gasteiger partial charge in [0.15, 0.2) is 0 Å². The summed E-state index contributed by atoms with van der Waals surface area (Å²) in [6, 6.07) is 15.7. The molecule has 3 rings (SSSR count). The van der Waals surface area contributed by atoms with Crippen molar-refractivity contribution in [2.75, 3.05) is 14.2 Å². The summed E-state index contributed by atoms with van der Waals surface area (Å²) < 4.78 is 5.02. The lowest BCUT2D eigenvalue weighted by Crippen LogP contribution is -3.06. The van der Waals surface area contributed by atoms with Crippen molar-refractivity contribution < 1.29 is 14.4 Å². The molecule has 1 heterocycles. The number of halogens is 1. The van der Waals surface area contributed by atoms with Crippen molar-refractivity contribution in [2.24, 2.45) is 0 Å². The quantitative estimate of drug-likeness (QED) is 0.702. The first-order valence-electron chi connectivity index (χ1n) is 8.52. The van der Waals surface area contributed by atoms with Crippen LogP contribution in [0, 0.1) is 6.92 Å². The predicted octanol–water partition coefficient (Wildman–Crippen LogP) is 3.20. The van der Waals surface area contributed by atoms with E-state index in [4.69, 9.17) is 21.3 Å². The van der Waals surface area contributed by atoms with Gasteiger partial charge in [0.25, 0.3) is 0 Å². The lowest BCUT2D eigenvalue weighted by Gasteiger charge is -2.17. The molecule has 134 valence electrons. The predicted molar refractivity (Wildman–Crippen MR) is 104 cm³/mol. The molecule has 4 nitrogen and oxygen atoms in total. The maximum absolute atomic E-state index is 12.4. The van der Waals surface area contributed by atoms with Gasteiger partial charge in [-0.15, -0.1) is 0 Å². The third kappa shape index (κ3) is 3.87. The largest absolute Gasteiger partial charge is 0.465 e. The van der Waals surface area contributed by atoms with Crippen LogP contribution >= 0.6 is 11.6 Å². The highest BCUT2D eigenvalue weighted by Gasteiger charge is 2.21. The molecule has 0 aliphatic heterocycles. The molecule has 1 N–H and O–H groups in total. The van der Waals surface area contributed by atoms with E-state index in [1.54, 1.807) is 0 Å². The first-order valence-corrected chi connectivity index (χ1v) is 8.89. The van der Waals surface area contributed by atoms with Gasteiger partial charge >= 0.3 is 5.97 Å². The topological polar surface area (TPSA) is 43.6 Å². The molecule has 1 atom stereocenters. The van der Waals surface area contributed by atoms with E-state index < -0.39 is 0 Å². The van der Waals surface area contributed by atoms with Gasteiger partial charge in [-0.1, -0.05) is 41.9 Å². The molecule has 0 amide bonds. The lowest BCUT2D eigenvalue weighted by molar-refractivity contribution is -0.908. The average molecular weight is 370 g/mol. The fourth-order valence-electron chi connectivity index (χ4n) is 3.29. The molecule has 0 aliphatic carbocycles. The Morgan fingerprint density at radius 1 is 1.15 bits per heavy atom. The summed E-state index contributed by atoms with van der Waals surface area (Å²) in [5.74, 6) is -0.341. The number of carbonyl (C=O) groups excluding carboxylic acids is 1. The number of nitrogens with zero attached hydrogens (tertiary/aromatic N) is 1. The Bertz CT molecular complexity index is 956. The third-order valence-electron chi connectivity index (χ3n) is 4.48. The first-order chi connectivity index (χ1) is 12.5. The van der Waals surface area contributed by atoms with Crippen LogP contribution in [-0.2, 0) is 17.8 Å². The van der Waals surface area contributed by atoms with Gasteiger partial charge in [0, 0.05) is 16.0 Å². The molecule has 0 fully saturated rings. The first kappa shape index (κ1) is 18.4. The van der Waals surface area contributed by atoms with Crippen LogP contribution in [0.5, 0.6) is 0 Å². The van der Waals surface area contributed by atoms with E-state index in [9.17, 15) is 4.79 Å². The van der Waals surface area contributed by atoms with Crippen molar-refractivity contribution in [3.05, 3.63) is 75.9 Å². The van der Waals surface area contributed by atoms with Crippen molar-refractivity contribution in [2.45, 2.75) is 20.0 Å². The number of carbonyl (C=O) groups is 1. The highest BCUT2D eigenvalue weighted by molar-refractivity contribution is 6.30. The molecule has 1 aromatic heterocycles. The number of aromatic nitrogens is 1. The number of hydrogen-bond acceptors (Lipinski definition) is 3. The van der Waals surface area contributed by atoms with Crippen LogP contribution in [-0.4, -0.2) is 25.1 Å². The summed E-state index contributed by atoms with van der Waals surface area (Å²) in [5.41, 5.74) is 4.27. The summed E-state index contributed by atoms with van der Waals surface area (Å²) in [7, 11) is 3.48. The van der Waals surface area contributed by atoms with Crippen LogP contribution in [0.1, 0.15) is 27.2 Å². The number of benzene rings is 2. The Labute approximate surface area is 158 Å². The molecule has 5 heteroatoms. The maximum atomic E-state index is 12.4. The number of rotatable bonds is 5. The number of ether oxygens (including phenoxy) is 1. The zero-order chi connectivity index (χ0) is 18.7. The van der Waals surface area contributed by atoms with Gasteiger partial charge in [0.05, 0.1) is 25.2 Å². The SMILES string of the molecule is COC(=O)c1c(C[NH+](C)Cc2cccc(Cl)c2)nc2ccccc2c1C. The minimum absolute atomic E-state index is 0.341. The van der Waals surface area contributed by atoms with E-state index >= 15 is 0 Å². The fraction of sp³-hybridized carbons (Fsp3) is 0.238. The molecule has 0 radical (unpaired) electrons. The zero-order valence-electron chi connectivity index (χ0n) is 15.2. The minimum atomic E-state index is -0.341. The van der Waals surface area contributed by atoms with E-state index in [0.29, 0.717) is 12.1 Å². The average Bonchev–Trinajstić information content (AvgIpc) is 2.61. The third-order valence-corrected chi connectivity index (χ3v) is 4.72. The Morgan fingerprint density at radius 2 is 1.92 bits per heavy atom. The Balaban J connectivity index is 1.96. The second kappa shape index (κ2) is 7.85. The summed E-state index contributed by atoms with van der Waals surface area (Å²) in [4.78, 5) is 18.4. The van der Waals surface area contributed by atoms with Crippen molar-refractivity contribution in [3.63, 3.8) is 0 Å². The monoisotopic (exact) mass is 369 g/mol. The van der Waals surface area contributed by atoms with Crippen LogP contribution in [0.4, 0.5) is 0 Å². The highest BCUT2D eigenvalue weighted by Crippen LogP contribution is 2.23. The molecular weight excluding hydrogens is 348 g/mol. The summed E-state index contributed by atoms with van der Waals surface area (Å²) in [6.45, 7) is 3.35. The fourth-order valence-corrected chi connectivity index (χ4v) is 3.50. The maximum Gasteiger partial charge on any atom is 0.340 e. The second-order valence-electron chi connectivity index (χ2n) is 6.51. The number of hydrogen-bond donors (Lipinski definition) is 1. The summed E-state index contributed by atoms with van der Waals surface area (Å²) in [5, 5.41) is 1.70. The van der Waals surface area contributed by atoms with Crippen LogP contribution in [0.25, 0.3) is 10.9 Å². The Kier molecular flexibility index (Phi) is 5.55. The van der Waals surface area contributed by atoms with Gasteiger partial charge in [-0.25, -0.2) is 9.78 Å². The van der Waals surface area contributed by atoms with Crippen LogP contribution < -0.4 is 4.90 Å². The number of quaternary nitrogens is 1.